The van der Waals surface area contributed by atoms with Gasteiger partial charge in [-0.3, -0.25) is 0 Å². The van der Waals surface area contributed by atoms with Crippen LogP contribution < -0.4 is 0 Å². The molecular weight excluding hydrogens is 571 g/mol. The molecule has 0 aliphatic heterocycles. The molecule has 0 amide bonds. The molecule has 0 N–H and O–H groups in total. The van der Waals surface area contributed by atoms with Gasteiger partial charge in [0.25, 0.3) is 0 Å². The van der Waals surface area contributed by atoms with E-state index in [0.29, 0.717) is 0 Å². The maximum absolute atomic E-state index is 6.29. The van der Waals surface area contributed by atoms with Gasteiger partial charge in [-0.05, 0) is 42.5 Å². The van der Waals surface area contributed by atoms with Crippen molar-refractivity contribution in [2.45, 2.75) is 0 Å². The number of hydrogen-bond donors (Lipinski definition) is 0. The molecule has 0 saturated carbocycles. The average Bonchev–Trinajstić information content (AvgIpc) is 3.76. The summed E-state index contributed by atoms with van der Waals surface area (Å²) in [5, 5.41) is 5.77. The number of aromatic nitrogens is 3. The van der Waals surface area contributed by atoms with Crippen LogP contribution in [-0.2, 0) is 0 Å². The van der Waals surface area contributed by atoms with Crippen molar-refractivity contribution in [2.75, 3.05) is 0 Å². The van der Waals surface area contributed by atoms with Gasteiger partial charge < -0.3 is 8.98 Å². The van der Waals surface area contributed by atoms with E-state index >= 15 is 0 Å². The third-order valence-corrected chi connectivity index (χ3v) is 9.97. The molecule has 0 aliphatic rings. The number of benzene rings is 6. The van der Waals surface area contributed by atoms with Crippen molar-refractivity contribution >= 4 is 75.4 Å². The number of fused-ring (bicyclic) bond motifs is 9. The lowest BCUT2D eigenvalue weighted by Crippen LogP contribution is -1.96. The highest BCUT2D eigenvalue weighted by molar-refractivity contribution is 7.26. The molecule has 4 nitrogen and oxygen atoms in total. The maximum Gasteiger partial charge on any atom is 0.160 e. The minimum Gasteiger partial charge on any atom is -0.456 e. The van der Waals surface area contributed by atoms with Crippen LogP contribution in [0.2, 0.25) is 0 Å². The van der Waals surface area contributed by atoms with Crippen molar-refractivity contribution in [3.63, 3.8) is 0 Å². The van der Waals surface area contributed by atoms with Crippen LogP contribution >= 0.6 is 11.3 Å². The number of para-hydroxylation sites is 2. The summed E-state index contributed by atoms with van der Waals surface area (Å²) in [7, 11) is 0. The minimum atomic E-state index is 0.734. The van der Waals surface area contributed by atoms with E-state index in [-0.39, 0.29) is 0 Å². The quantitative estimate of drug-likeness (QED) is 0.205. The molecule has 4 aromatic heterocycles. The van der Waals surface area contributed by atoms with E-state index in [4.69, 9.17) is 14.4 Å². The van der Waals surface area contributed by atoms with Gasteiger partial charge in [-0.25, -0.2) is 9.97 Å². The van der Waals surface area contributed by atoms with Crippen LogP contribution in [0.15, 0.2) is 144 Å². The first-order valence-corrected chi connectivity index (χ1v) is 15.8. The zero-order valence-corrected chi connectivity index (χ0v) is 24.8. The average molecular weight is 594 g/mol. The highest BCUT2D eigenvalue weighted by Gasteiger charge is 2.19. The van der Waals surface area contributed by atoms with Crippen LogP contribution in [0.25, 0.3) is 92.4 Å². The summed E-state index contributed by atoms with van der Waals surface area (Å²) in [6.07, 6.45) is 0. The lowest BCUT2D eigenvalue weighted by molar-refractivity contribution is 0.669. The van der Waals surface area contributed by atoms with Crippen molar-refractivity contribution in [1.82, 2.24) is 14.5 Å². The molecular formula is C40H23N3OS. The fourth-order valence-electron chi connectivity index (χ4n) is 6.76. The first-order chi connectivity index (χ1) is 22.3. The van der Waals surface area contributed by atoms with Gasteiger partial charge in [0.1, 0.15) is 11.2 Å². The fraction of sp³-hybridized carbons (Fsp3) is 0. The van der Waals surface area contributed by atoms with E-state index in [9.17, 15) is 0 Å². The molecule has 10 rings (SSSR count). The molecule has 10 aromatic rings. The van der Waals surface area contributed by atoms with Gasteiger partial charge in [-0.15, -0.1) is 11.3 Å². The second-order valence-electron chi connectivity index (χ2n) is 11.4. The monoisotopic (exact) mass is 593 g/mol. The third kappa shape index (κ3) is 3.65. The predicted molar refractivity (Wildman–Crippen MR) is 187 cm³/mol. The molecule has 0 unspecified atom stereocenters. The second kappa shape index (κ2) is 9.36. The molecule has 0 saturated heterocycles. The summed E-state index contributed by atoms with van der Waals surface area (Å²) in [5.74, 6) is 0.734. The van der Waals surface area contributed by atoms with E-state index in [1.807, 2.05) is 30.3 Å². The fourth-order valence-corrected chi connectivity index (χ4v) is 7.91. The first-order valence-electron chi connectivity index (χ1n) is 15.0. The zero-order chi connectivity index (χ0) is 29.5. The Kier molecular flexibility index (Phi) is 5.12. The molecule has 0 radical (unpaired) electrons. The molecule has 0 aliphatic carbocycles. The van der Waals surface area contributed by atoms with E-state index in [1.54, 1.807) is 11.3 Å². The first kappa shape index (κ1) is 24.6. The Balaban J connectivity index is 1.26. The predicted octanol–water partition coefficient (Wildman–Crippen LogP) is 11.2. The van der Waals surface area contributed by atoms with Gasteiger partial charge in [0, 0.05) is 48.4 Å². The Morgan fingerprint density at radius 2 is 1.27 bits per heavy atom. The van der Waals surface area contributed by atoms with Crippen LogP contribution in [0.4, 0.5) is 0 Å². The normalized spacial score (nSPS) is 12.0. The Labute approximate surface area is 261 Å². The lowest BCUT2D eigenvalue weighted by Gasteiger charge is -2.11. The number of furan rings is 1. The van der Waals surface area contributed by atoms with Gasteiger partial charge in [0.15, 0.2) is 5.82 Å². The standard InChI is InChI=1S/C40H23N3OS/c1-2-11-24(12-3-1)40-41-37(39-38(42-40)29-17-6-9-20-36(29)45-39)25-13-10-14-26(21-25)43-32-18-7-4-15-27(32)30-23-35-31(22-33(30)43)28-16-5-8-19-34(28)44-35/h1-23H. The summed E-state index contributed by atoms with van der Waals surface area (Å²) in [6.45, 7) is 0. The van der Waals surface area contributed by atoms with Gasteiger partial charge in [-0.1, -0.05) is 97.1 Å². The van der Waals surface area contributed by atoms with Gasteiger partial charge >= 0.3 is 0 Å². The van der Waals surface area contributed by atoms with Crippen molar-refractivity contribution in [1.29, 1.82) is 0 Å². The van der Waals surface area contributed by atoms with Crippen molar-refractivity contribution < 1.29 is 4.42 Å². The Bertz CT molecular complexity index is 2770. The molecule has 210 valence electrons. The van der Waals surface area contributed by atoms with Crippen LogP contribution in [0, 0.1) is 0 Å². The Morgan fingerprint density at radius 1 is 0.511 bits per heavy atom. The van der Waals surface area contributed by atoms with E-state index in [2.05, 4.69) is 114 Å². The van der Waals surface area contributed by atoms with E-state index in [0.717, 1.165) is 76.9 Å². The summed E-state index contributed by atoms with van der Waals surface area (Å²) in [5.41, 5.74) is 9.20. The minimum absolute atomic E-state index is 0.734. The lowest BCUT2D eigenvalue weighted by atomic mass is 10.1. The van der Waals surface area contributed by atoms with E-state index in [1.165, 1.54) is 15.5 Å². The second-order valence-corrected chi connectivity index (χ2v) is 12.5. The highest BCUT2D eigenvalue weighted by atomic mass is 32.1. The summed E-state index contributed by atoms with van der Waals surface area (Å²) in [4.78, 5) is 10.3. The van der Waals surface area contributed by atoms with Crippen molar-refractivity contribution in [2.24, 2.45) is 0 Å². The van der Waals surface area contributed by atoms with Crippen LogP contribution in [0.1, 0.15) is 0 Å². The summed E-state index contributed by atoms with van der Waals surface area (Å²) >= 11 is 1.76. The molecule has 45 heavy (non-hydrogen) atoms. The van der Waals surface area contributed by atoms with Gasteiger partial charge in [0.05, 0.1) is 26.9 Å². The molecule has 0 fully saturated rings. The Morgan fingerprint density at radius 3 is 2.18 bits per heavy atom. The molecule has 0 spiro atoms. The van der Waals surface area contributed by atoms with Gasteiger partial charge in [0.2, 0.25) is 0 Å². The molecule has 4 heterocycles. The maximum atomic E-state index is 6.29. The van der Waals surface area contributed by atoms with Gasteiger partial charge in [-0.2, -0.15) is 0 Å². The van der Waals surface area contributed by atoms with Crippen molar-refractivity contribution in [3.05, 3.63) is 140 Å². The summed E-state index contributed by atoms with van der Waals surface area (Å²) in [6, 6.07) is 48.9. The largest absolute Gasteiger partial charge is 0.456 e. The number of rotatable bonds is 3. The zero-order valence-electron chi connectivity index (χ0n) is 23.9. The SMILES string of the molecule is c1ccc(-c2nc(-c3cccc(-n4c5ccccc5c5cc6oc7ccccc7c6cc54)c3)c3sc4ccccc4c3n2)cc1. The summed E-state index contributed by atoms with van der Waals surface area (Å²) < 4.78 is 11.0. The van der Waals surface area contributed by atoms with Crippen LogP contribution in [0.5, 0.6) is 0 Å². The van der Waals surface area contributed by atoms with Crippen molar-refractivity contribution in [3.8, 4) is 28.3 Å². The van der Waals surface area contributed by atoms with E-state index < -0.39 is 0 Å². The molecule has 6 aromatic carbocycles. The van der Waals surface area contributed by atoms with Crippen LogP contribution in [0.3, 0.4) is 0 Å². The molecule has 0 bridgehead atoms. The third-order valence-electron chi connectivity index (χ3n) is 8.80. The topological polar surface area (TPSA) is 43.9 Å². The molecule has 0 atom stereocenters. The smallest absolute Gasteiger partial charge is 0.160 e. The molecule has 5 heteroatoms. The number of nitrogens with zero attached hydrogens (tertiary/aromatic N) is 3. The Hall–Kier alpha value is -5.78. The highest BCUT2D eigenvalue weighted by Crippen LogP contribution is 2.41. The number of hydrogen-bond acceptors (Lipinski definition) is 4. The number of thiophene rings is 1. The van der Waals surface area contributed by atoms with Crippen LogP contribution in [-0.4, -0.2) is 14.5 Å².